The number of aromatic nitrogens is 1. The Morgan fingerprint density at radius 3 is 2.62 bits per heavy atom. The van der Waals surface area contributed by atoms with Crippen LogP contribution in [0.3, 0.4) is 0 Å². The number of piperazine rings is 1. The molecule has 24 heavy (non-hydrogen) atoms. The highest BCUT2D eigenvalue weighted by Gasteiger charge is 2.21. The second-order valence-electron chi connectivity index (χ2n) is 6.87. The number of nitrogens with one attached hydrogen (secondary N) is 1. The van der Waals surface area contributed by atoms with Gasteiger partial charge < -0.3 is 14.8 Å². The first kappa shape index (κ1) is 18.9. The van der Waals surface area contributed by atoms with E-state index in [-0.39, 0.29) is 12.0 Å². The molecule has 1 amide bonds. The van der Waals surface area contributed by atoms with Crippen LogP contribution < -0.4 is 5.32 Å². The average Bonchev–Trinajstić information content (AvgIpc) is 3.03. The van der Waals surface area contributed by atoms with Gasteiger partial charge in [-0.2, -0.15) is 0 Å². The maximum absolute atomic E-state index is 12.0. The predicted molar refractivity (Wildman–Crippen MR) is 91.7 cm³/mol. The molecule has 0 aromatic carbocycles. The highest BCUT2D eigenvalue weighted by Crippen LogP contribution is 2.10. The number of rotatable bonds is 8. The molecule has 2 N–H and O–H groups in total. The summed E-state index contributed by atoms with van der Waals surface area (Å²) in [4.78, 5) is 20.8. The van der Waals surface area contributed by atoms with Gasteiger partial charge in [-0.05, 0) is 12.3 Å². The lowest BCUT2D eigenvalue weighted by Crippen LogP contribution is -2.48. The zero-order valence-electron chi connectivity index (χ0n) is 15.0. The Morgan fingerprint density at radius 2 is 2.00 bits per heavy atom. The molecule has 1 aromatic heterocycles. The number of β-amino-alcohol motifs (C(OH)–C–C–N with tert-alkyl or cyclic N) is 1. The van der Waals surface area contributed by atoms with Gasteiger partial charge in [-0.3, -0.25) is 14.6 Å². The number of hydrogen-bond donors (Lipinski definition) is 2. The van der Waals surface area contributed by atoms with Crippen molar-refractivity contribution in [3.05, 3.63) is 17.8 Å². The molecule has 1 fully saturated rings. The summed E-state index contributed by atoms with van der Waals surface area (Å²) in [6, 6.07) is 0. The normalized spacial score (nSPS) is 18.0. The molecule has 1 aliphatic heterocycles. The molecule has 7 nitrogen and oxygen atoms in total. The lowest BCUT2D eigenvalue weighted by molar-refractivity contribution is 0.0658. The first-order chi connectivity index (χ1) is 11.5. The number of carbonyl (C=O) groups is 1. The summed E-state index contributed by atoms with van der Waals surface area (Å²) in [6.07, 6.45) is 1.98. The molecule has 0 aliphatic carbocycles. The minimum atomic E-state index is -0.241. The van der Waals surface area contributed by atoms with Crippen molar-refractivity contribution in [2.75, 3.05) is 39.3 Å². The molecule has 1 unspecified atom stereocenters. The first-order valence-electron chi connectivity index (χ1n) is 8.83. The van der Waals surface area contributed by atoms with E-state index < -0.39 is 0 Å². The van der Waals surface area contributed by atoms with E-state index in [1.54, 1.807) is 0 Å². The lowest BCUT2D eigenvalue weighted by Gasteiger charge is -2.34. The van der Waals surface area contributed by atoms with E-state index in [1.165, 1.54) is 6.26 Å². The van der Waals surface area contributed by atoms with Gasteiger partial charge in [0.1, 0.15) is 6.26 Å². The predicted octanol–water partition coefficient (Wildman–Crippen LogP) is 0.949. The van der Waals surface area contributed by atoms with E-state index >= 15 is 0 Å². The van der Waals surface area contributed by atoms with Crippen molar-refractivity contribution in [1.29, 1.82) is 0 Å². The molecule has 1 atom stereocenters. The third kappa shape index (κ3) is 5.89. The van der Waals surface area contributed by atoms with Crippen LogP contribution in [0.15, 0.2) is 10.7 Å². The van der Waals surface area contributed by atoms with Crippen molar-refractivity contribution in [1.82, 2.24) is 20.1 Å². The van der Waals surface area contributed by atoms with Crippen LogP contribution in [0, 0.1) is 5.92 Å². The van der Waals surface area contributed by atoms with Crippen molar-refractivity contribution >= 4 is 5.91 Å². The zero-order valence-corrected chi connectivity index (χ0v) is 15.0. The summed E-state index contributed by atoms with van der Waals surface area (Å²) in [5.74, 6) is 0.798. The number of amides is 1. The van der Waals surface area contributed by atoms with Crippen molar-refractivity contribution < 1.29 is 14.3 Å². The SMILES string of the molecule is CCC(O)CN1CCN(Cc2nc(C(=O)NCC(C)C)co2)CC1. The Bertz CT molecular complexity index is 510. The van der Waals surface area contributed by atoms with E-state index in [2.05, 4.69) is 20.1 Å². The molecular formula is C17H30N4O3. The van der Waals surface area contributed by atoms with Gasteiger partial charge in [0.2, 0.25) is 5.89 Å². The van der Waals surface area contributed by atoms with Crippen LogP contribution >= 0.6 is 0 Å². The molecular weight excluding hydrogens is 308 g/mol. The first-order valence-corrected chi connectivity index (χ1v) is 8.83. The number of aliphatic hydroxyl groups excluding tert-OH is 1. The third-order valence-electron chi connectivity index (χ3n) is 4.22. The summed E-state index contributed by atoms with van der Waals surface area (Å²) in [6.45, 7) is 11.8. The maximum Gasteiger partial charge on any atom is 0.273 e. The highest BCUT2D eigenvalue weighted by molar-refractivity contribution is 5.91. The van der Waals surface area contributed by atoms with Crippen LogP contribution in [0.5, 0.6) is 0 Å². The molecule has 0 bridgehead atoms. The summed E-state index contributed by atoms with van der Waals surface area (Å²) in [7, 11) is 0. The molecule has 1 saturated heterocycles. The van der Waals surface area contributed by atoms with Crippen molar-refractivity contribution in [3.8, 4) is 0 Å². The summed E-state index contributed by atoms with van der Waals surface area (Å²) >= 11 is 0. The number of hydrogen-bond acceptors (Lipinski definition) is 6. The van der Waals surface area contributed by atoms with Crippen molar-refractivity contribution in [2.24, 2.45) is 5.92 Å². The van der Waals surface area contributed by atoms with Crippen molar-refractivity contribution in [2.45, 2.75) is 39.8 Å². The Kier molecular flexibility index (Phi) is 7.20. The summed E-state index contributed by atoms with van der Waals surface area (Å²) in [5.41, 5.74) is 0.343. The quantitative estimate of drug-likeness (QED) is 0.734. The van der Waals surface area contributed by atoms with Gasteiger partial charge in [0.05, 0.1) is 12.6 Å². The minimum Gasteiger partial charge on any atom is -0.447 e. The fourth-order valence-corrected chi connectivity index (χ4v) is 2.62. The second kappa shape index (κ2) is 9.15. The molecule has 0 spiro atoms. The zero-order chi connectivity index (χ0) is 17.5. The van der Waals surface area contributed by atoms with Gasteiger partial charge in [-0.15, -0.1) is 0 Å². The van der Waals surface area contributed by atoms with Crippen molar-refractivity contribution in [3.63, 3.8) is 0 Å². The molecule has 1 aromatic rings. The van der Waals surface area contributed by atoms with Crippen LogP contribution in [-0.2, 0) is 6.54 Å². The average molecular weight is 338 g/mol. The van der Waals surface area contributed by atoms with E-state index in [9.17, 15) is 9.90 Å². The molecule has 7 heteroatoms. The highest BCUT2D eigenvalue weighted by atomic mass is 16.3. The van der Waals surface area contributed by atoms with Gasteiger partial charge in [0.15, 0.2) is 5.69 Å². The molecule has 2 heterocycles. The number of nitrogens with zero attached hydrogens (tertiary/aromatic N) is 3. The molecule has 0 radical (unpaired) electrons. The Morgan fingerprint density at radius 1 is 1.33 bits per heavy atom. The molecule has 2 rings (SSSR count). The third-order valence-corrected chi connectivity index (χ3v) is 4.22. The Labute approximate surface area is 144 Å². The van der Waals surface area contributed by atoms with E-state index in [0.717, 1.165) is 39.1 Å². The van der Waals surface area contributed by atoms with Crippen LogP contribution in [0.25, 0.3) is 0 Å². The molecule has 136 valence electrons. The second-order valence-corrected chi connectivity index (χ2v) is 6.87. The molecule has 0 saturated carbocycles. The van der Waals surface area contributed by atoms with Gasteiger partial charge in [0.25, 0.3) is 5.91 Å². The van der Waals surface area contributed by atoms with Crippen LogP contribution in [-0.4, -0.2) is 71.2 Å². The Balaban J connectivity index is 1.76. The topological polar surface area (TPSA) is 81.8 Å². The van der Waals surface area contributed by atoms with Crippen LogP contribution in [0.2, 0.25) is 0 Å². The fraction of sp³-hybridized carbons (Fsp3) is 0.765. The van der Waals surface area contributed by atoms with Gasteiger partial charge in [-0.1, -0.05) is 20.8 Å². The van der Waals surface area contributed by atoms with E-state index in [4.69, 9.17) is 4.42 Å². The largest absolute Gasteiger partial charge is 0.447 e. The Hall–Kier alpha value is -1.44. The monoisotopic (exact) mass is 338 g/mol. The van der Waals surface area contributed by atoms with E-state index in [0.29, 0.717) is 30.6 Å². The summed E-state index contributed by atoms with van der Waals surface area (Å²) < 4.78 is 5.44. The molecule has 1 aliphatic rings. The minimum absolute atomic E-state index is 0.183. The fourth-order valence-electron chi connectivity index (χ4n) is 2.62. The number of oxazole rings is 1. The maximum atomic E-state index is 12.0. The smallest absolute Gasteiger partial charge is 0.273 e. The number of aliphatic hydroxyl groups is 1. The standard InChI is InChI=1S/C17H30N4O3/c1-4-14(22)10-20-5-7-21(8-6-20)11-16-19-15(12-24-16)17(23)18-9-13(2)3/h12-14,22H,4-11H2,1-3H3,(H,18,23). The number of carbonyl (C=O) groups excluding carboxylic acids is 1. The lowest BCUT2D eigenvalue weighted by atomic mass is 10.2. The van der Waals surface area contributed by atoms with Gasteiger partial charge in [0, 0.05) is 39.3 Å². The van der Waals surface area contributed by atoms with Gasteiger partial charge in [-0.25, -0.2) is 4.98 Å². The van der Waals surface area contributed by atoms with E-state index in [1.807, 2.05) is 20.8 Å². The summed E-state index contributed by atoms with van der Waals surface area (Å²) in [5, 5.41) is 12.6. The van der Waals surface area contributed by atoms with Crippen LogP contribution in [0.1, 0.15) is 43.6 Å². The van der Waals surface area contributed by atoms with Gasteiger partial charge >= 0.3 is 0 Å². The van der Waals surface area contributed by atoms with Crippen LogP contribution in [0.4, 0.5) is 0 Å².